The first-order valence-corrected chi connectivity index (χ1v) is 9.85. The fourth-order valence-electron chi connectivity index (χ4n) is 3.07. The summed E-state index contributed by atoms with van der Waals surface area (Å²) in [6, 6.07) is 23.4. The lowest BCUT2D eigenvalue weighted by Crippen LogP contribution is -2.11. The van der Waals surface area contributed by atoms with Crippen LogP contribution in [0.25, 0.3) is 11.3 Å². The Bertz CT molecular complexity index is 1230. The number of nitrogens with zero attached hydrogens (tertiary/aromatic N) is 2. The molecular weight excluding hydrogens is 406 g/mol. The van der Waals surface area contributed by atoms with Crippen LogP contribution in [-0.2, 0) is 0 Å². The third kappa shape index (κ3) is 4.84. The first-order valence-electron chi connectivity index (χ1n) is 9.85. The van der Waals surface area contributed by atoms with Crippen molar-refractivity contribution in [3.05, 3.63) is 90.8 Å². The molecule has 0 unspecified atom stereocenters. The van der Waals surface area contributed by atoms with Crippen LogP contribution in [0.2, 0.25) is 0 Å². The van der Waals surface area contributed by atoms with E-state index in [1.807, 2.05) is 42.5 Å². The Balaban J connectivity index is 1.49. The maximum absolute atomic E-state index is 12.6. The normalized spacial score (nSPS) is 10.3. The molecule has 0 atom stereocenters. The highest BCUT2D eigenvalue weighted by molar-refractivity contribution is 6.04. The molecule has 4 rings (SSSR count). The lowest BCUT2D eigenvalue weighted by molar-refractivity contribution is 0.102. The zero-order valence-corrected chi connectivity index (χ0v) is 17.6. The molecule has 32 heavy (non-hydrogen) atoms. The third-order valence-electron chi connectivity index (χ3n) is 4.70. The third-order valence-corrected chi connectivity index (χ3v) is 4.70. The van der Waals surface area contributed by atoms with Crippen LogP contribution in [0.4, 0.5) is 5.69 Å². The van der Waals surface area contributed by atoms with Crippen molar-refractivity contribution in [2.45, 2.75) is 0 Å². The summed E-state index contributed by atoms with van der Waals surface area (Å²) in [4.78, 5) is 21.1. The molecular formula is C25H21N3O4. The summed E-state index contributed by atoms with van der Waals surface area (Å²) >= 11 is 0. The van der Waals surface area contributed by atoms with E-state index in [0.717, 1.165) is 5.56 Å². The van der Waals surface area contributed by atoms with Crippen LogP contribution in [0.3, 0.4) is 0 Å². The van der Waals surface area contributed by atoms with E-state index < -0.39 is 0 Å². The molecule has 0 aliphatic heterocycles. The number of methoxy groups -OCH3 is 2. The smallest absolute Gasteiger partial charge is 0.255 e. The minimum absolute atomic E-state index is 0.215. The molecule has 0 bridgehead atoms. The number of hydrogen-bond acceptors (Lipinski definition) is 6. The molecule has 1 aromatic heterocycles. The molecule has 7 heteroatoms. The van der Waals surface area contributed by atoms with Crippen LogP contribution >= 0.6 is 0 Å². The minimum Gasteiger partial charge on any atom is -0.497 e. The number of nitrogens with one attached hydrogen (secondary N) is 1. The van der Waals surface area contributed by atoms with Crippen LogP contribution in [0.15, 0.2) is 85.2 Å². The number of rotatable bonds is 7. The zero-order chi connectivity index (χ0) is 22.3. The van der Waals surface area contributed by atoms with Gasteiger partial charge in [0.1, 0.15) is 12.1 Å². The van der Waals surface area contributed by atoms with E-state index in [4.69, 9.17) is 14.2 Å². The van der Waals surface area contributed by atoms with Crippen LogP contribution in [0, 0.1) is 0 Å². The fraction of sp³-hybridized carbons (Fsp3) is 0.0800. The monoisotopic (exact) mass is 427 g/mol. The van der Waals surface area contributed by atoms with Crippen LogP contribution < -0.4 is 19.5 Å². The molecule has 1 heterocycles. The van der Waals surface area contributed by atoms with E-state index in [9.17, 15) is 4.79 Å². The minimum atomic E-state index is -0.215. The average Bonchev–Trinajstić information content (AvgIpc) is 2.85. The Kier molecular flexibility index (Phi) is 6.27. The van der Waals surface area contributed by atoms with Gasteiger partial charge in [0.15, 0.2) is 11.5 Å². The summed E-state index contributed by atoms with van der Waals surface area (Å²) in [5.41, 5.74) is 2.68. The van der Waals surface area contributed by atoms with Crippen molar-refractivity contribution in [1.82, 2.24) is 9.97 Å². The first-order chi connectivity index (χ1) is 15.7. The zero-order valence-electron chi connectivity index (χ0n) is 17.6. The Morgan fingerprint density at radius 3 is 2.34 bits per heavy atom. The van der Waals surface area contributed by atoms with Gasteiger partial charge < -0.3 is 19.5 Å². The number of ether oxygens (including phenoxy) is 3. The lowest BCUT2D eigenvalue weighted by Gasteiger charge is -2.10. The number of carbonyl (C=O) groups excluding carboxylic acids is 1. The predicted molar refractivity (Wildman–Crippen MR) is 121 cm³/mol. The van der Waals surface area contributed by atoms with Crippen molar-refractivity contribution in [2.75, 3.05) is 19.5 Å². The number of hydrogen-bond donors (Lipinski definition) is 1. The highest BCUT2D eigenvalue weighted by atomic mass is 16.5. The van der Waals surface area contributed by atoms with Crippen molar-refractivity contribution in [1.29, 1.82) is 0 Å². The van der Waals surface area contributed by atoms with Crippen molar-refractivity contribution in [2.24, 2.45) is 0 Å². The number of anilines is 1. The standard InChI is InChI=1S/C25H21N3O4/c1-30-20-7-5-6-19(14-20)28-25(29)18-12-10-17(11-13-18)21-15-24(27-16-26-21)32-23-9-4-3-8-22(23)31-2/h3-16H,1-2H3,(H,28,29). The average molecular weight is 427 g/mol. The predicted octanol–water partition coefficient (Wildman–Crippen LogP) is 5.21. The summed E-state index contributed by atoms with van der Waals surface area (Å²) in [6.45, 7) is 0. The van der Waals surface area contributed by atoms with Gasteiger partial charge in [-0.15, -0.1) is 0 Å². The second kappa shape index (κ2) is 9.61. The van der Waals surface area contributed by atoms with Gasteiger partial charge in [-0.1, -0.05) is 30.3 Å². The van der Waals surface area contributed by atoms with Gasteiger partial charge in [0, 0.05) is 28.9 Å². The van der Waals surface area contributed by atoms with Crippen LogP contribution in [0.5, 0.6) is 23.1 Å². The number of benzene rings is 3. The van der Waals surface area contributed by atoms with E-state index in [-0.39, 0.29) is 5.91 Å². The molecule has 0 saturated carbocycles. The summed E-state index contributed by atoms with van der Waals surface area (Å²) in [7, 11) is 3.17. The molecule has 0 spiro atoms. The molecule has 4 aromatic rings. The highest BCUT2D eigenvalue weighted by Crippen LogP contribution is 2.31. The van der Waals surface area contributed by atoms with Gasteiger partial charge in [0.25, 0.3) is 5.91 Å². The first kappa shape index (κ1) is 20.9. The Morgan fingerprint density at radius 1 is 0.812 bits per heavy atom. The van der Waals surface area contributed by atoms with E-state index in [1.165, 1.54) is 6.33 Å². The summed E-state index contributed by atoms with van der Waals surface area (Å²) in [5, 5.41) is 2.86. The van der Waals surface area contributed by atoms with Crippen molar-refractivity contribution in [3.63, 3.8) is 0 Å². The van der Waals surface area contributed by atoms with Gasteiger partial charge in [-0.25, -0.2) is 9.97 Å². The molecule has 160 valence electrons. The van der Waals surface area contributed by atoms with Crippen LogP contribution in [-0.4, -0.2) is 30.1 Å². The second-order valence-electron chi connectivity index (χ2n) is 6.76. The quantitative estimate of drug-likeness (QED) is 0.436. The number of para-hydroxylation sites is 2. The topological polar surface area (TPSA) is 82.6 Å². The highest BCUT2D eigenvalue weighted by Gasteiger charge is 2.10. The van der Waals surface area contributed by atoms with Crippen LogP contribution in [0.1, 0.15) is 10.4 Å². The van der Waals surface area contributed by atoms with Crippen molar-refractivity contribution < 1.29 is 19.0 Å². The summed E-state index contributed by atoms with van der Waals surface area (Å²) < 4.78 is 16.4. The molecule has 0 radical (unpaired) electrons. The Hall–Kier alpha value is -4.39. The van der Waals surface area contributed by atoms with Gasteiger partial charge in [0.05, 0.1) is 19.9 Å². The van der Waals surface area contributed by atoms with E-state index in [1.54, 1.807) is 50.6 Å². The molecule has 0 fully saturated rings. The number of aromatic nitrogens is 2. The molecule has 7 nitrogen and oxygen atoms in total. The molecule has 0 aliphatic rings. The van der Waals surface area contributed by atoms with E-state index in [2.05, 4.69) is 15.3 Å². The lowest BCUT2D eigenvalue weighted by atomic mass is 10.1. The summed E-state index contributed by atoms with van der Waals surface area (Å²) in [6.07, 6.45) is 1.43. The Labute approximate surface area is 185 Å². The largest absolute Gasteiger partial charge is 0.497 e. The second-order valence-corrected chi connectivity index (χ2v) is 6.76. The fourth-order valence-corrected chi connectivity index (χ4v) is 3.07. The molecule has 0 aliphatic carbocycles. The SMILES string of the molecule is COc1cccc(NC(=O)c2ccc(-c3cc(Oc4ccccc4OC)ncn3)cc2)c1. The van der Waals surface area contributed by atoms with Gasteiger partial charge in [0.2, 0.25) is 5.88 Å². The van der Waals surface area contributed by atoms with Gasteiger partial charge in [-0.3, -0.25) is 4.79 Å². The van der Waals surface area contributed by atoms with Gasteiger partial charge in [-0.2, -0.15) is 0 Å². The molecule has 1 N–H and O–H groups in total. The number of amides is 1. The van der Waals surface area contributed by atoms with E-state index >= 15 is 0 Å². The maximum atomic E-state index is 12.6. The van der Waals surface area contributed by atoms with Crippen molar-refractivity contribution in [3.8, 4) is 34.4 Å². The Morgan fingerprint density at radius 2 is 1.59 bits per heavy atom. The summed E-state index contributed by atoms with van der Waals surface area (Å²) in [5.74, 6) is 2.02. The number of carbonyl (C=O) groups is 1. The van der Waals surface area contributed by atoms with Gasteiger partial charge >= 0.3 is 0 Å². The molecule has 1 amide bonds. The maximum Gasteiger partial charge on any atom is 0.255 e. The van der Waals surface area contributed by atoms with Crippen molar-refractivity contribution >= 4 is 11.6 Å². The molecule has 3 aromatic carbocycles. The van der Waals surface area contributed by atoms with Gasteiger partial charge in [-0.05, 0) is 36.4 Å². The molecule has 0 saturated heterocycles. The van der Waals surface area contributed by atoms with E-state index in [0.29, 0.717) is 40.1 Å².